The molecule has 24 heavy (non-hydrogen) atoms. The Balaban J connectivity index is 2.01. The second-order valence-electron chi connectivity index (χ2n) is 7.47. The van der Waals surface area contributed by atoms with E-state index in [0.29, 0.717) is 0 Å². The number of ether oxygens (including phenoxy) is 1. The summed E-state index contributed by atoms with van der Waals surface area (Å²) in [4.78, 5) is 11.3. The van der Waals surface area contributed by atoms with Crippen molar-refractivity contribution in [3.63, 3.8) is 0 Å². The molecule has 2 N–H and O–H groups in total. The number of aldehydes is 1. The summed E-state index contributed by atoms with van der Waals surface area (Å²) in [5.74, 6) is 0.790. The van der Waals surface area contributed by atoms with Crippen LogP contribution in [0.4, 0.5) is 5.69 Å². The Kier molecular flexibility index (Phi) is 3.90. The van der Waals surface area contributed by atoms with Crippen LogP contribution in [0.1, 0.15) is 39.7 Å². The van der Waals surface area contributed by atoms with Crippen LogP contribution < -0.4 is 10.5 Å². The molecule has 0 saturated carbocycles. The molecule has 1 aromatic rings. The van der Waals surface area contributed by atoms with Crippen LogP contribution in [0.2, 0.25) is 0 Å². The molecule has 0 amide bonds. The zero-order chi connectivity index (χ0) is 17.5. The number of rotatable bonds is 3. The smallest absolute Gasteiger partial charge is 0.134 e. The number of allylic oxidation sites excluding steroid dienone is 3. The van der Waals surface area contributed by atoms with Crippen LogP contribution in [-0.4, -0.2) is 11.9 Å². The predicted octanol–water partition coefficient (Wildman–Crippen LogP) is 4.55. The van der Waals surface area contributed by atoms with Crippen molar-refractivity contribution in [1.29, 1.82) is 0 Å². The molecule has 1 aliphatic heterocycles. The molecule has 2 unspecified atom stereocenters. The molecule has 1 heterocycles. The third kappa shape index (κ3) is 2.58. The number of anilines is 1. The van der Waals surface area contributed by atoms with Crippen molar-refractivity contribution in [2.75, 3.05) is 5.73 Å². The summed E-state index contributed by atoms with van der Waals surface area (Å²) in [5.41, 5.74) is 9.19. The molecule has 126 valence electrons. The molecule has 2 atom stereocenters. The molecule has 1 aromatic carbocycles. The number of carbonyl (C=O) groups is 1. The van der Waals surface area contributed by atoms with Crippen LogP contribution in [0.3, 0.4) is 0 Å². The van der Waals surface area contributed by atoms with Gasteiger partial charge >= 0.3 is 0 Å². The molecule has 3 nitrogen and oxygen atoms in total. The van der Waals surface area contributed by atoms with E-state index in [1.54, 1.807) is 0 Å². The highest BCUT2D eigenvalue weighted by atomic mass is 16.5. The Bertz CT molecular complexity index is 770. The fourth-order valence-electron chi connectivity index (χ4n) is 3.54. The zero-order valence-electron chi connectivity index (χ0n) is 14.8. The lowest BCUT2D eigenvalue weighted by molar-refractivity contribution is -0.109. The lowest BCUT2D eigenvalue weighted by Gasteiger charge is -2.46. The van der Waals surface area contributed by atoms with Crippen LogP contribution in [0, 0.1) is 11.3 Å². The molecule has 3 rings (SSSR count). The van der Waals surface area contributed by atoms with Gasteiger partial charge in [-0.3, -0.25) is 0 Å². The average Bonchev–Trinajstić information content (AvgIpc) is 2.55. The van der Waals surface area contributed by atoms with Gasteiger partial charge in [0, 0.05) is 22.6 Å². The van der Waals surface area contributed by atoms with E-state index >= 15 is 0 Å². The largest absolute Gasteiger partial charge is 0.482 e. The minimum absolute atomic E-state index is 0.0498. The first kappa shape index (κ1) is 16.6. The van der Waals surface area contributed by atoms with Crippen molar-refractivity contribution >= 4 is 18.0 Å². The number of benzene rings is 1. The fraction of sp³-hybridized carbons (Fsp3) is 0.381. The SMILES string of the molecule is CC1=CCC(C=O)C=C1C(C)(C)C1(C)C=Cc2cc(N)ccc2O1. The third-order valence-corrected chi connectivity index (χ3v) is 5.53. The number of hydrogen-bond acceptors (Lipinski definition) is 3. The Morgan fingerprint density at radius 1 is 1.38 bits per heavy atom. The predicted molar refractivity (Wildman–Crippen MR) is 98.7 cm³/mol. The highest BCUT2D eigenvalue weighted by molar-refractivity contribution is 5.66. The molecule has 3 heteroatoms. The minimum Gasteiger partial charge on any atom is -0.482 e. The molecule has 0 spiro atoms. The van der Waals surface area contributed by atoms with Crippen molar-refractivity contribution in [1.82, 2.24) is 0 Å². The highest BCUT2D eigenvalue weighted by Gasteiger charge is 2.46. The normalized spacial score (nSPS) is 26.1. The van der Waals surface area contributed by atoms with Gasteiger partial charge in [0.1, 0.15) is 17.6 Å². The summed E-state index contributed by atoms with van der Waals surface area (Å²) in [6, 6.07) is 5.71. The first-order chi connectivity index (χ1) is 11.3. The fourth-order valence-corrected chi connectivity index (χ4v) is 3.54. The molecule has 1 aliphatic carbocycles. The summed E-state index contributed by atoms with van der Waals surface area (Å²) in [5, 5.41) is 0. The first-order valence-electron chi connectivity index (χ1n) is 8.39. The van der Waals surface area contributed by atoms with E-state index in [2.05, 4.69) is 52.0 Å². The van der Waals surface area contributed by atoms with Gasteiger partial charge in [0.25, 0.3) is 0 Å². The monoisotopic (exact) mass is 323 g/mol. The second-order valence-corrected chi connectivity index (χ2v) is 7.47. The lowest BCUT2D eigenvalue weighted by atomic mass is 9.65. The van der Waals surface area contributed by atoms with Gasteiger partial charge in [-0.2, -0.15) is 0 Å². The highest BCUT2D eigenvalue weighted by Crippen LogP contribution is 2.49. The van der Waals surface area contributed by atoms with Crippen LogP contribution in [0.15, 0.2) is 47.6 Å². The van der Waals surface area contributed by atoms with Gasteiger partial charge in [-0.25, -0.2) is 0 Å². The summed E-state index contributed by atoms with van der Waals surface area (Å²) in [6.07, 6.45) is 10.2. The van der Waals surface area contributed by atoms with Gasteiger partial charge < -0.3 is 15.3 Å². The van der Waals surface area contributed by atoms with Crippen molar-refractivity contribution < 1.29 is 9.53 Å². The van der Waals surface area contributed by atoms with E-state index in [1.165, 1.54) is 11.1 Å². The van der Waals surface area contributed by atoms with Gasteiger partial charge in [0.2, 0.25) is 0 Å². The number of hydrogen-bond donors (Lipinski definition) is 1. The summed E-state index contributed by atoms with van der Waals surface area (Å²) >= 11 is 0. The maximum atomic E-state index is 11.3. The van der Waals surface area contributed by atoms with Gasteiger partial charge in [-0.15, -0.1) is 0 Å². The molecule has 0 bridgehead atoms. The quantitative estimate of drug-likeness (QED) is 0.656. The van der Waals surface area contributed by atoms with Crippen molar-refractivity contribution in [2.24, 2.45) is 11.3 Å². The van der Waals surface area contributed by atoms with E-state index in [-0.39, 0.29) is 11.3 Å². The van der Waals surface area contributed by atoms with Crippen molar-refractivity contribution in [2.45, 2.75) is 39.7 Å². The van der Waals surface area contributed by atoms with E-state index in [4.69, 9.17) is 10.5 Å². The molecular weight excluding hydrogens is 298 g/mol. The number of fused-ring (bicyclic) bond motifs is 1. The minimum atomic E-state index is -0.512. The Morgan fingerprint density at radius 3 is 2.83 bits per heavy atom. The summed E-state index contributed by atoms with van der Waals surface area (Å²) < 4.78 is 6.41. The Labute approximate surface area is 143 Å². The Morgan fingerprint density at radius 2 is 2.12 bits per heavy atom. The third-order valence-electron chi connectivity index (χ3n) is 5.53. The average molecular weight is 323 g/mol. The van der Waals surface area contributed by atoms with Gasteiger partial charge in [0.15, 0.2) is 0 Å². The standard InChI is InChI=1S/C21H25NO2/c1-14-5-6-15(13-23)11-18(14)20(2,3)21(4)10-9-16-12-17(22)7-8-19(16)24-21/h5,7-13,15H,6,22H2,1-4H3. The maximum absolute atomic E-state index is 11.3. The number of nitrogens with two attached hydrogens (primary N) is 1. The molecule has 0 saturated heterocycles. The van der Waals surface area contributed by atoms with Crippen LogP contribution >= 0.6 is 0 Å². The van der Waals surface area contributed by atoms with E-state index in [0.717, 1.165) is 29.7 Å². The van der Waals surface area contributed by atoms with Crippen molar-refractivity contribution in [3.8, 4) is 5.75 Å². The number of carbonyl (C=O) groups excluding carboxylic acids is 1. The molecule has 0 aromatic heterocycles. The van der Waals surface area contributed by atoms with Gasteiger partial charge in [-0.1, -0.05) is 37.6 Å². The van der Waals surface area contributed by atoms with Crippen molar-refractivity contribution in [3.05, 3.63) is 53.1 Å². The molecular formula is C21H25NO2. The van der Waals surface area contributed by atoms with Crippen LogP contribution in [0.5, 0.6) is 5.75 Å². The zero-order valence-corrected chi connectivity index (χ0v) is 14.8. The van der Waals surface area contributed by atoms with Crippen LogP contribution in [-0.2, 0) is 4.79 Å². The second kappa shape index (κ2) is 5.66. The van der Waals surface area contributed by atoms with E-state index in [9.17, 15) is 4.79 Å². The lowest BCUT2D eigenvalue weighted by Crippen LogP contribution is -2.48. The molecule has 0 fully saturated rings. The topological polar surface area (TPSA) is 52.3 Å². The van der Waals surface area contributed by atoms with E-state index in [1.807, 2.05) is 18.2 Å². The van der Waals surface area contributed by atoms with Gasteiger partial charge in [-0.05, 0) is 50.1 Å². The number of nitrogen functional groups attached to an aromatic ring is 1. The van der Waals surface area contributed by atoms with Crippen LogP contribution in [0.25, 0.3) is 6.08 Å². The maximum Gasteiger partial charge on any atom is 0.134 e. The van der Waals surface area contributed by atoms with E-state index < -0.39 is 5.60 Å². The summed E-state index contributed by atoms with van der Waals surface area (Å²) in [6.45, 7) is 8.56. The first-order valence-corrected chi connectivity index (χ1v) is 8.39. The summed E-state index contributed by atoms with van der Waals surface area (Å²) in [7, 11) is 0. The molecule has 0 radical (unpaired) electrons. The Hall–Kier alpha value is -2.29. The van der Waals surface area contributed by atoms with Gasteiger partial charge in [0.05, 0.1) is 0 Å². The molecule has 2 aliphatic rings.